The third kappa shape index (κ3) is 6.77. The van der Waals surface area contributed by atoms with Crippen LogP contribution in [0.2, 0.25) is 0 Å². The number of carboxylic acids is 1. The molecule has 35 heavy (non-hydrogen) atoms. The van der Waals surface area contributed by atoms with Gasteiger partial charge < -0.3 is 25.2 Å². The van der Waals surface area contributed by atoms with Crippen molar-refractivity contribution in [3.8, 4) is 11.5 Å². The van der Waals surface area contributed by atoms with Crippen LogP contribution in [-0.4, -0.2) is 42.4 Å². The molecule has 0 saturated heterocycles. The Morgan fingerprint density at radius 3 is 2.20 bits per heavy atom. The molecule has 182 valence electrons. The van der Waals surface area contributed by atoms with E-state index in [9.17, 15) is 14.4 Å². The lowest BCUT2D eigenvalue weighted by Crippen LogP contribution is -2.24. The Kier molecular flexibility index (Phi) is 8.74. The summed E-state index contributed by atoms with van der Waals surface area (Å²) < 4.78 is 10.5. The number of methoxy groups -OCH3 is 2. The quantitative estimate of drug-likeness (QED) is 0.333. The lowest BCUT2D eigenvalue weighted by Gasteiger charge is -2.16. The minimum Gasteiger partial charge on any atom is -0.493 e. The van der Waals surface area contributed by atoms with E-state index in [1.807, 2.05) is 13.0 Å². The molecule has 0 aliphatic heterocycles. The first-order valence-corrected chi connectivity index (χ1v) is 11.7. The number of benzene rings is 3. The minimum absolute atomic E-state index is 0.0985. The smallest absolute Gasteiger partial charge is 0.335 e. The molecular weight excluding hydrogens is 468 g/mol. The summed E-state index contributed by atoms with van der Waals surface area (Å²) in [7, 11) is 3.03. The molecule has 3 aromatic carbocycles. The van der Waals surface area contributed by atoms with Crippen LogP contribution < -0.4 is 20.1 Å². The summed E-state index contributed by atoms with van der Waals surface area (Å²) in [6, 6.07) is 18.2. The van der Waals surface area contributed by atoms with E-state index < -0.39 is 11.2 Å². The summed E-state index contributed by atoms with van der Waals surface area (Å²) in [4.78, 5) is 37.5. The van der Waals surface area contributed by atoms with Crippen molar-refractivity contribution in [1.82, 2.24) is 0 Å². The second kappa shape index (κ2) is 11.9. The minimum atomic E-state index is -1.06. The zero-order valence-corrected chi connectivity index (χ0v) is 20.3. The fourth-order valence-corrected chi connectivity index (χ4v) is 4.28. The molecule has 3 aromatic rings. The third-order valence-corrected chi connectivity index (χ3v) is 6.41. The Morgan fingerprint density at radius 1 is 0.857 bits per heavy atom. The molecule has 0 aliphatic rings. The summed E-state index contributed by atoms with van der Waals surface area (Å²) in [5, 5.41) is 14.4. The maximum absolute atomic E-state index is 12.8. The molecule has 1 atom stereocenters. The molecule has 2 amide bonds. The molecule has 8 nitrogen and oxygen atoms in total. The summed E-state index contributed by atoms with van der Waals surface area (Å²) in [5.74, 6) is -0.623. The predicted molar refractivity (Wildman–Crippen MR) is 136 cm³/mol. The lowest BCUT2D eigenvalue weighted by molar-refractivity contribution is -0.115. The van der Waals surface area contributed by atoms with Crippen LogP contribution in [0.25, 0.3) is 0 Å². The molecule has 3 N–H and O–H groups in total. The normalized spacial score (nSPS) is 11.3. The van der Waals surface area contributed by atoms with Crippen molar-refractivity contribution in [2.24, 2.45) is 0 Å². The topological polar surface area (TPSA) is 114 Å². The molecule has 0 saturated carbocycles. The SMILES string of the molecule is CCC(Sc1cccc(NC(=O)c2ccc(OC)c(OC)c2)c1)C(=O)Nc1cccc(C(=O)O)c1. The first-order valence-electron chi connectivity index (χ1n) is 10.8. The highest BCUT2D eigenvalue weighted by Gasteiger charge is 2.19. The van der Waals surface area contributed by atoms with Crippen LogP contribution in [-0.2, 0) is 4.79 Å². The third-order valence-electron chi connectivity index (χ3n) is 5.06. The molecular formula is C26H26N2O6S. The predicted octanol–water partition coefficient (Wildman–Crippen LogP) is 5.16. The summed E-state index contributed by atoms with van der Waals surface area (Å²) in [6.45, 7) is 1.90. The molecule has 0 aliphatic carbocycles. The fourth-order valence-electron chi connectivity index (χ4n) is 3.27. The van der Waals surface area contributed by atoms with Gasteiger partial charge in [0.2, 0.25) is 5.91 Å². The Morgan fingerprint density at radius 2 is 1.54 bits per heavy atom. The van der Waals surface area contributed by atoms with Gasteiger partial charge in [-0.05, 0) is 61.0 Å². The number of ether oxygens (including phenoxy) is 2. The van der Waals surface area contributed by atoms with Crippen molar-refractivity contribution >= 4 is 40.9 Å². The van der Waals surface area contributed by atoms with Gasteiger partial charge >= 0.3 is 5.97 Å². The Hall–Kier alpha value is -3.98. The van der Waals surface area contributed by atoms with Crippen molar-refractivity contribution in [3.05, 3.63) is 77.9 Å². The molecule has 0 heterocycles. The largest absolute Gasteiger partial charge is 0.493 e. The Balaban J connectivity index is 1.68. The maximum atomic E-state index is 12.8. The lowest BCUT2D eigenvalue weighted by atomic mass is 10.2. The monoisotopic (exact) mass is 494 g/mol. The standard InChI is InChI=1S/C26H26N2O6S/c1-4-23(25(30)28-18-8-5-7-17(13-18)26(31)32)35-20-10-6-9-19(15-20)27-24(29)16-11-12-21(33-2)22(14-16)34-3/h5-15,23H,4H2,1-3H3,(H,27,29)(H,28,30)(H,31,32). The molecule has 0 bridgehead atoms. The van der Waals surface area contributed by atoms with E-state index in [-0.39, 0.29) is 17.4 Å². The molecule has 0 spiro atoms. The second-order valence-electron chi connectivity index (χ2n) is 7.44. The van der Waals surface area contributed by atoms with E-state index in [0.29, 0.717) is 34.9 Å². The van der Waals surface area contributed by atoms with Gasteiger partial charge in [0, 0.05) is 21.8 Å². The van der Waals surface area contributed by atoms with E-state index in [1.165, 1.54) is 38.1 Å². The van der Waals surface area contributed by atoms with Gasteiger partial charge in [-0.25, -0.2) is 4.79 Å². The van der Waals surface area contributed by atoms with E-state index in [1.54, 1.807) is 48.5 Å². The van der Waals surface area contributed by atoms with Crippen LogP contribution in [0.4, 0.5) is 11.4 Å². The summed E-state index contributed by atoms with van der Waals surface area (Å²) in [6.07, 6.45) is 0.553. The number of hydrogen-bond acceptors (Lipinski definition) is 6. The Bertz CT molecular complexity index is 1230. The molecule has 0 aromatic heterocycles. The molecule has 1 unspecified atom stereocenters. The Labute approximate surface area is 207 Å². The van der Waals surface area contributed by atoms with Crippen molar-refractivity contribution in [2.45, 2.75) is 23.5 Å². The number of amides is 2. The average molecular weight is 495 g/mol. The number of carbonyl (C=O) groups excluding carboxylic acids is 2. The summed E-state index contributed by atoms with van der Waals surface area (Å²) in [5.41, 5.74) is 1.51. The van der Waals surface area contributed by atoms with E-state index in [2.05, 4.69) is 10.6 Å². The van der Waals surface area contributed by atoms with Gasteiger partial charge in [0.1, 0.15) is 0 Å². The number of nitrogens with one attached hydrogen (secondary N) is 2. The van der Waals surface area contributed by atoms with E-state index in [4.69, 9.17) is 14.6 Å². The number of aromatic carboxylic acids is 1. The first kappa shape index (κ1) is 25.6. The molecule has 0 fully saturated rings. The molecule has 0 radical (unpaired) electrons. The van der Waals surface area contributed by atoms with E-state index in [0.717, 1.165) is 4.90 Å². The van der Waals surface area contributed by atoms with Crippen LogP contribution in [0.5, 0.6) is 11.5 Å². The van der Waals surface area contributed by atoms with Crippen molar-refractivity contribution in [3.63, 3.8) is 0 Å². The number of carboxylic acid groups (broad SMARTS) is 1. The van der Waals surface area contributed by atoms with Crippen molar-refractivity contribution in [2.75, 3.05) is 24.9 Å². The zero-order chi connectivity index (χ0) is 25.4. The van der Waals surface area contributed by atoms with Crippen LogP contribution in [0, 0.1) is 0 Å². The zero-order valence-electron chi connectivity index (χ0n) is 19.5. The summed E-state index contributed by atoms with van der Waals surface area (Å²) >= 11 is 1.36. The van der Waals surface area contributed by atoms with Crippen LogP contribution in [0.1, 0.15) is 34.1 Å². The van der Waals surface area contributed by atoms with E-state index >= 15 is 0 Å². The number of carbonyl (C=O) groups is 3. The van der Waals surface area contributed by atoms with Gasteiger partial charge in [-0.1, -0.05) is 19.1 Å². The van der Waals surface area contributed by atoms with Crippen LogP contribution in [0.3, 0.4) is 0 Å². The second-order valence-corrected chi connectivity index (χ2v) is 8.72. The average Bonchev–Trinajstić information content (AvgIpc) is 2.87. The first-order chi connectivity index (χ1) is 16.8. The number of anilines is 2. The van der Waals surface area contributed by atoms with Crippen LogP contribution in [0.15, 0.2) is 71.6 Å². The number of rotatable bonds is 10. The van der Waals surface area contributed by atoms with Gasteiger partial charge in [-0.3, -0.25) is 9.59 Å². The maximum Gasteiger partial charge on any atom is 0.335 e. The van der Waals surface area contributed by atoms with Crippen molar-refractivity contribution in [1.29, 1.82) is 0 Å². The highest BCUT2D eigenvalue weighted by atomic mass is 32.2. The van der Waals surface area contributed by atoms with Gasteiger partial charge in [0.15, 0.2) is 11.5 Å². The molecule has 9 heteroatoms. The van der Waals surface area contributed by atoms with Gasteiger partial charge in [-0.2, -0.15) is 0 Å². The van der Waals surface area contributed by atoms with Gasteiger partial charge in [-0.15, -0.1) is 11.8 Å². The molecule has 3 rings (SSSR count). The van der Waals surface area contributed by atoms with Gasteiger partial charge in [0.05, 0.1) is 25.0 Å². The fraction of sp³-hybridized carbons (Fsp3) is 0.192. The van der Waals surface area contributed by atoms with Gasteiger partial charge in [0.25, 0.3) is 5.91 Å². The number of hydrogen-bond donors (Lipinski definition) is 3. The van der Waals surface area contributed by atoms with Crippen LogP contribution >= 0.6 is 11.8 Å². The highest BCUT2D eigenvalue weighted by molar-refractivity contribution is 8.00. The number of thioether (sulfide) groups is 1. The van der Waals surface area contributed by atoms with Crippen molar-refractivity contribution < 1.29 is 29.0 Å². The highest BCUT2D eigenvalue weighted by Crippen LogP contribution is 2.30.